The Kier molecular flexibility index (Phi) is 3.76. The van der Waals surface area contributed by atoms with Crippen molar-refractivity contribution in [3.63, 3.8) is 0 Å². The lowest BCUT2D eigenvalue weighted by Crippen LogP contribution is -2.63. The number of rotatable bonds is 5. The van der Waals surface area contributed by atoms with Gasteiger partial charge in [0.2, 0.25) is 5.91 Å². The molecule has 0 aromatic carbocycles. The second-order valence-electron chi connectivity index (χ2n) is 6.26. The minimum Gasteiger partial charge on any atom is -0.368 e. The summed E-state index contributed by atoms with van der Waals surface area (Å²) in [4.78, 5) is 12.0. The van der Waals surface area contributed by atoms with Crippen molar-refractivity contribution in [2.75, 3.05) is 6.54 Å². The van der Waals surface area contributed by atoms with Crippen LogP contribution in [0.1, 0.15) is 52.4 Å². The van der Waals surface area contributed by atoms with E-state index in [2.05, 4.69) is 19.2 Å². The van der Waals surface area contributed by atoms with Gasteiger partial charge in [0.1, 0.15) is 5.54 Å². The van der Waals surface area contributed by atoms with Gasteiger partial charge in [0, 0.05) is 0 Å². The van der Waals surface area contributed by atoms with E-state index in [9.17, 15) is 4.79 Å². The summed E-state index contributed by atoms with van der Waals surface area (Å²) in [6.45, 7) is 5.41. The van der Waals surface area contributed by atoms with Crippen molar-refractivity contribution >= 4 is 5.91 Å². The van der Waals surface area contributed by atoms with E-state index in [4.69, 9.17) is 5.73 Å². The molecule has 0 radical (unpaired) electrons. The predicted molar refractivity (Wildman–Crippen MR) is 69.4 cm³/mol. The molecular formula is C14H26N2O. The molecule has 3 heteroatoms. The number of carbonyl (C=O) groups is 1. The maximum Gasteiger partial charge on any atom is 0.238 e. The highest BCUT2D eigenvalue weighted by atomic mass is 16.1. The van der Waals surface area contributed by atoms with E-state index >= 15 is 0 Å². The summed E-state index contributed by atoms with van der Waals surface area (Å²) in [6, 6.07) is 0. The Labute approximate surface area is 105 Å². The van der Waals surface area contributed by atoms with Gasteiger partial charge in [0.25, 0.3) is 0 Å². The largest absolute Gasteiger partial charge is 0.368 e. The lowest BCUT2D eigenvalue weighted by Gasteiger charge is -2.44. The van der Waals surface area contributed by atoms with E-state index in [-0.39, 0.29) is 5.91 Å². The van der Waals surface area contributed by atoms with Gasteiger partial charge in [-0.3, -0.25) is 4.79 Å². The monoisotopic (exact) mass is 238 g/mol. The zero-order valence-electron chi connectivity index (χ0n) is 11.2. The number of carbonyl (C=O) groups excluding carboxylic acids is 1. The highest BCUT2D eigenvalue weighted by Gasteiger charge is 2.47. The van der Waals surface area contributed by atoms with Gasteiger partial charge < -0.3 is 11.1 Å². The van der Waals surface area contributed by atoms with Gasteiger partial charge in [-0.25, -0.2) is 0 Å². The molecule has 17 heavy (non-hydrogen) atoms. The summed E-state index contributed by atoms with van der Waals surface area (Å²) in [5, 5.41) is 3.55. The molecule has 2 atom stereocenters. The van der Waals surface area contributed by atoms with E-state index in [1.165, 1.54) is 19.3 Å². The first-order chi connectivity index (χ1) is 8.06. The molecule has 2 aliphatic carbocycles. The van der Waals surface area contributed by atoms with Gasteiger partial charge in [0.15, 0.2) is 0 Å². The first-order valence-corrected chi connectivity index (χ1v) is 7.11. The van der Waals surface area contributed by atoms with Crippen molar-refractivity contribution in [1.82, 2.24) is 5.32 Å². The second-order valence-corrected chi connectivity index (χ2v) is 6.26. The molecule has 2 saturated carbocycles. The zero-order valence-corrected chi connectivity index (χ0v) is 11.2. The normalized spacial score (nSPS) is 33.9. The third-order valence-corrected chi connectivity index (χ3v) is 4.62. The van der Waals surface area contributed by atoms with Crippen molar-refractivity contribution in [2.45, 2.75) is 57.9 Å². The SMILES string of the molecule is CC(C)C1CCCCC1(NCC1CC1)C(N)=O. The molecule has 0 aliphatic heterocycles. The molecule has 0 spiro atoms. The molecule has 2 unspecified atom stereocenters. The number of nitrogens with two attached hydrogens (primary N) is 1. The highest BCUT2D eigenvalue weighted by molar-refractivity contribution is 5.85. The van der Waals surface area contributed by atoms with Gasteiger partial charge in [-0.1, -0.05) is 26.7 Å². The molecule has 3 N–H and O–H groups in total. The molecule has 0 saturated heterocycles. The molecule has 98 valence electrons. The lowest BCUT2D eigenvalue weighted by molar-refractivity contribution is -0.129. The summed E-state index contributed by atoms with van der Waals surface area (Å²) in [5.41, 5.74) is 5.31. The van der Waals surface area contributed by atoms with Gasteiger partial charge >= 0.3 is 0 Å². The van der Waals surface area contributed by atoms with E-state index in [1.54, 1.807) is 0 Å². The number of nitrogens with one attached hydrogen (secondary N) is 1. The summed E-state index contributed by atoms with van der Waals surface area (Å²) in [5.74, 6) is 1.60. The van der Waals surface area contributed by atoms with Crippen molar-refractivity contribution in [3.05, 3.63) is 0 Å². The van der Waals surface area contributed by atoms with Crippen LogP contribution in [-0.2, 0) is 4.79 Å². The van der Waals surface area contributed by atoms with E-state index in [1.807, 2.05) is 0 Å². The molecule has 2 aliphatic rings. The average Bonchev–Trinajstić information content (AvgIpc) is 3.10. The Hall–Kier alpha value is -0.570. The maximum absolute atomic E-state index is 12.0. The maximum atomic E-state index is 12.0. The number of primary amides is 1. The average molecular weight is 238 g/mol. The van der Waals surface area contributed by atoms with Crippen LogP contribution in [0.25, 0.3) is 0 Å². The molecule has 3 nitrogen and oxygen atoms in total. The van der Waals surface area contributed by atoms with Crippen molar-refractivity contribution in [1.29, 1.82) is 0 Å². The smallest absolute Gasteiger partial charge is 0.238 e. The fraction of sp³-hybridized carbons (Fsp3) is 0.929. The first kappa shape index (κ1) is 12.9. The van der Waals surface area contributed by atoms with Crippen LogP contribution in [0.15, 0.2) is 0 Å². The van der Waals surface area contributed by atoms with Crippen LogP contribution in [-0.4, -0.2) is 18.0 Å². The van der Waals surface area contributed by atoms with Gasteiger partial charge in [-0.05, 0) is 50.0 Å². The van der Waals surface area contributed by atoms with Gasteiger partial charge in [-0.15, -0.1) is 0 Å². The summed E-state index contributed by atoms with van der Waals surface area (Å²) in [6.07, 6.45) is 7.06. The number of hydrogen-bond donors (Lipinski definition) is 2. The first-order valence-electron chi connectivity index (χ1n) is 7.11. The fourth-order valence-electron chi connectivity index (χ4n) is 3.36. The quantitative estimate of drug-likeness (QED) is 0.770. The topological polar surface area (TPSA) is 55.1 Å². The molecule has 2 fully saturated rings. The van der Waals surface area contributed by atoms with Crippen LogP contribution in [0, 0.1) is 17.8 Å². The molecule has 0 heterocycles. The zero-order chi connectivity index (χ0) is 12.5. The van der Waals surface area contributed by atoms with E-state index < -0.39 is 5.54 Å². The summed E-state index contributed by atoms with van der Waals surface area (Å²) < 4.78 is 0. The minimum atomic E-state index is -0.422. The van der Waals surface area contributed by atoms with E-state index in [0.29, 0.717) is 11.8 Å². The molecule has 1 amide bonds. The predicted octanol–water partition coefficient (Wildman–Crippen LogP) is 2.06. The third kappa shape index (κ3) is 2.65. The Morgan fingerprint density at radius 2 is 2.06 bits per heavy atom. The second kappa shape index (κ2) is 4.97. The van der Waals surface area contributed by atoms with Crippen LogP contribution >= 0.6 is 0 Å². The van der Waals surface area contributed by atoms with Crippen molar-refractivity contribution in [3.8, 4) is 0 Å². The molecule has 0 bridgehead atoms. The lowest BCUT2D eigenvalue weighted by atomic mass is 9.67. The number of amides is 1. The standard InChI is InChI=1S/C14H26N2O/c1-10(2)12-5-3-4-8-14(12,13(15)17)16-9-11-6-7-11/h10-12,16H,3-9H2,1-2H3,(H2,15,17). The molecule has 0 aromatic heterocycles. The van der Waals surface area contributed by atoms with Crippen LogP contribution in [0.4, 0.5) is 0 Å². The molecule has 0 aromatic rings. The van der Waals surface area contributed by atoms with Crippen molar-refractivity contribution in [2.24, 2.45) is 23.5 Å². The Balaban J connectivity index is 2.12. The van der Waals surface area contributed by atoms with Crippen molar-refractivity contribution < 1.29 is 4.79 Å². The highest BCUT2D eigenvalue weighted by Crippen LogP contribution is 2.39. The van der Waals surface area contributed by atoms with Crippen LogP contribution in [0.3, 0.4) is 0 Å². The Bertz CT molecular complexity index is 286. The van der Waals surface area contributed by atoms with Crippen LogP contribution in [0.5, 0.6) is 0 Å². The third-order valence-electron chi connectivity index (χ3n) is 4.62. The van der Waals surface area contributed by atoms with Gasteiger partial charge in [-0.2, -0.15) is 0 Å². The number of hydrogen-bond acceptors (Lipinski definition) is 2. The molecule has 2 rings (SSSR count). The Morgan fingerprint density at radius 1 is 1.35 bits per heavy atom. The van der Waals surface area contributed by atoms with E-state index in [0.717, 1.165) is 31.7 Å². The minimum absolute atomic E-state index is 0.128. The Morgan fingerprint density at radius 3 is 2.59 bits per heavy atom. The summed E-state index contributed by atoms with van der Waals surface area (Å²) in [7, 11) is 0. The van der Waals surface area contributed by atoms with Gasteiger partial charge in [0.05, 0.1) is 0 Å². The summed E-state index contributed by atoms with van der Waals surface area (Å²) >= 11 is 0. The van der Waals surface area contributed by atoms with Crippen LogP contribution in [0.2, 0.25) is 0 Å². The van der Waals surface area contributed by atoms with Crippen LogP contribution < -0.4 is 11.1 Å². The molecular weight excluding hydrogens is 212 g/mol. The fourth-order valence-corrected chi connectivity index (χ4v) is 3.36.